The van der Waals surface area contributed by atoms with E-state index in [0.717, 1.165) is 0 Å². The fraction of sp³-hybridized carbons (Fsp3) is 0.529. The van der Waals surface area contributed by atoms with Gasteiger partial charge < -0.3 is 0 Å². The van der Waals surface area contributed by atoms with Gasteiger partial charge >= 0.3 is 129 Å². The minimum absolute atomic E-state index is 0.123. The van der Waals surface area contributed by atoms with Crippen molar-refractivity contribution in [1.29, 1.82) is 0 Å². The molecular formula is C17H26O2Se. The monoisotopic (exact) mass is 342 g/mol. The third-order valence-electron chi connectivity index (χ3n) is 2.42. The predicted molar refractivity (Wildman–Crippen MR) is 86.4 cm³/mol. The van der Waals surface area contributed by atoms with Crippen molar-refractivity contribution in [2.75, 3.05) is 13.2 Å². The van der Waals surface area contributed by atoms with Gasteiger partial charge in [-0.25, -0.2) is 0 Å². The molecule has 0 saturated heterocycles. The van der Waals surface area contributed by atoms with Gasteiger partial charge in [-0.15, -0.1) is 0 Å². The van der Waals surface area contributed by atoms with Crippen molar-refractivity contribution < 1.29 is 9.47 Å². The standard InChI is InChI=1S/C17H26O2Se/c1-6-18-16(19-7-2)15(13-17(3,4)5)20-14-11-9-8-10-12-14/h8-13,16H,6-7H2,1-5H3/b15-13-. The molecule has 112 valence electrons. The average Bonchev–Trinajstić information content (AvgIpc) is 2.37. The van der Waals surface area contributed by atoms with E-state index in [2.05, 4.69) is 57.2 Å². The Morgan fingerprint density at radius 3 is 2.10 bits per heavy atom. The molecule has 0 N–H and O–H groups in total. The molecule has 0 bridgehead atoms. The maximum absolute atomic E-state index is 5.79. The molecule has 0 aromatic heterocycles. The summed E-state index contributed by atoms with van der Waals surface area (Å²) in [6.45, 7) is 12.0. The molecule has 0 saturated carbocycles. The molecular weight excluding hydrogens is 315 g/mol. The van der Waals surface area contributed by atoms with E-state index in [1.54, 1.807) is 0 Å². The normalized spacial score (nSPS) is 13.0. The molecule has 1 aromatic rings. The Morgan fingerprint density at radius 2 is 1.65 bits per heavy atom. The summed E-state index contributed by atoms with van der Waals surface area (Å²) in [5.41, 5.74) is 0.123. The Kier molecular flexibility index (Phi) is 7.53. The molecule has 0 heterocycles. The summed E-state index contributed by atoms with van der Waals surface area (Å²) in [5, 5.41) is 0. The van der Waals surface area contributed by atoms with E-state index in [4.69, 9.17) is 9.47 Å². The van der Waals surface area contributed by atoms with Crippen molar-refractivity contribution in [1.82, 2.24) is 0 Å². The van der Waals surface area contributed by atoms with E-state index >= 15 is 0 Å². The summed E-state index contributed by atoms with van der Waals surface area (Å²) in [5.74, 6) is 0. The first-order valence-electron chi connectivity index (χ1n) is 7.15. The van der Waals surface area contributed by atoms with Crippen molar-refractivity contribution in [3.05, 3.63) is 40.9 Å². The van der Waals surface area contributed by atoms with Crippen LogP contribution in [0.25, 0.3) is 0 Å². The Balaban J connectivity index is 2.98. The second kappa shape index (κ2) is 8.63. The van der Waals surface area contributed by atoms with Gasteiger partial charge in [-0.1, -0.05) is 0 Å². The van der Waals surface area contributed by atoms with Gasteiger partial charge in [0, 0.05) is 0 Å². The van der Waals surface area contributed by atoms with E-state index in [0.29, 0.717) is 13.2 Å². The van der Waals surface area contributed by atoms with Crippen molar-refractivity contribution in [2.24, 2.45) is 5.41 Å². The minimum atomic E-state index is -0.218. The molecule has 0 fully saturated rings. The fourth-order valence-electron chi connectivity index (χ4n) is 1.71. The molecule has 0 aliphatic rings. The van der Waals surface area contributed by atoms with Crippen LogP contribution in [0.4, 0.5) is 0 Å². The summed E-state index contributed by atoms with van der Waals surface area (Å²) in [4.78, 5) is 0. The molecule has 0 aliphatic heterocycles. The molecule has 1 aromatic carbocycles. The quantitative estimate of drug-likeness (QED) is 0.559. The van der Waals surface area contributed by atoms with Crippen LogP contribution in [0.5, 0.6) is 0 Å². The number of benzene rings is 1. The first-order valence-corrected chi connectivity index (χ1v) is 8.86. The summed E-state index contributed by atoms with van der Waals surface area (Å²) in [6, 6.07) is 10.6. The molecule has 1 rings (SSSR count). The number of ether oxygens (including phenoxy) is 2. The molecule has 0 aliphatic carbocycles. The molecule has 0 atom stereocenters. The second-order valence-corrected chi connectivity index (χ2v) is 7.98. The van der Waals surface area contributed by atoms with E-state index in [1.807, 2.05) is 13.8 Å². The summed E-state index contributed by atoms with van der Waals surface area (Å²) >= 11 is 0.226. The Bertz CT molecular complexity index is 401. The van der Waals surface area contributed by atoms with Crippen LogP contribution < -0.4 is 4.46 Å². The van der Waals surface area contributed by atoms with Crippen molar-refractivity contribution in [2.45, 2.75) is 40.9 Å². The average molecular weight is 341 g/mol. The number of hydrogen-bond acceptors (Lipinski definition) is 2. The molecule has 0 unspecified atom stereocenters. The number of hydrogen-bond donors (Lipinski definition) is 0. The van der Waals surface area contributed by atoms with E-state index < -0.39 is 0 Å². The second-order valence-electron chi connectivity index (χ2n) is 5.57. The zero-order chi connectivity index (χ0) is 15.0. The van der Waals surface area contributed by atoms with Gasteiger partial charge in [-0.2, -0.15) is 0 Å². The van der Waals surface area contributed by atoms with Gasteiger partial charge in [0.15, 0.2) is 0 Å². The summed E-state index contributed by atoms with van der Waals surface area (Å²) < 4.78 is 14.2. The predicted octanol–water partition coefficient (Wildman–Crippen LogP) is 3.35. The first kappa shape index (κ1) is 17.5. The van der Waals surface area contributed by atoms with Crippen molar-refractivity contribution in [3.63, 3.8) is 0 Å². The van der Waals surface area contributed by atoms with Gasteiger partial charge in [0.25, 0.3) is 0 Å². The van der Waals surface area contributed by atoms with Crippen LogP contribution in [0.3, 0.4) is 0 Å². The molecule has 20 heavy (non-hydrogen) atoms. The Morgan fingerprint density at radius 1 is 1.10 bits per heavy atom. The van der Waals surface area contributed by atoms with Crippen LogP contribution in [-0.2, 0) is 9.47 Å². The van der Waals surface area contributed by atoms with E-state index in [9.17, 15) is 0 Å². The maximum atomic E-state index is 5.79. The zero-order valence-electron chi connectivity index (χ0n) is 13.2. The third-order valence-corrected chi connectivity index (χ3v) is 4.63. The molecule has 2 nitrogen and oxygen atoms in total. The van der Waals surface area contributed by atoms with Gasteiger partial charge in [-0.05, 0) is 0 Å². The molecule has 0 spiro atoms. The topological polar surface area (TPSA) is 18.5 Å². The van der Waals surface area contributed by atoms with Gasteiger partial charge in [-0.3, -0.25) is 0 Å². The van der Waals surface area contributed by atoms with Gasteiger partial charge in [0.05, 0.1) is 0 Å². The van der Waals surface area contributed by atoms with Crippen molar-refractivity contribution in [3.8, 4) is 0 Å². The summed E-state index contributed by atoms with van der Waals surface area (Å²) in [6.07, 6.45) is 2.08. The molecule has 3 heteroatoms. The summed E-state index contributed by atoms with van der Waals surface area (Å²) in [7, 11) is 0. The van der Waals surface area contributed by atoms with Crippen LogP contribution in [0.2, 0.25) is 0 Å². The van der Waals surface area contributed by atoms with Crippen LogP contribution in [0.1, 0.15) is 34.6 Å². The van der Waals surface area contributed by atoms with Crippen LogP contribution in [0.15, 0.2) is 40.9 Å². The third kappa shape index (κ3) is 6.71. The van der Waals surface area contributed by atoms with Crippen molar-refractivity contribution >= 4 is 19.4 Å². The van der Waals surface area contributed by atoms with E-state index in [-0.39, 0.29) is 26.7 Å². The fourth-order valence-corrected chi connectivity index (χ4v) is 4.25. The zero-order valence-corrected chi connectivity index (χ0v) is 14.9. The Labute approximate surface area is 129 Å². The van der Waals surface area contributed by atoms with Crippen LogP contribution >= 0.6 is 0 Å². The first-order chi connectivity index (χ1) is 9.46. The van der Waals surface area contributed by atoms with Gasteiger partial charge in [0.1, 0.15) is 0 Å². The molecule has 0 amide bonds. The SMILES string of the molecule is CCOC(OCC)/C(=C/C(C)(C)C)[Se]c1ccccc1. The van der Waals surface area contributed by atoms with Gasteiger partial charge in [0.2, 0.25) is 0 Å². The Hall–Kier alpha value is -0.601. The van der Waals surface area contributed by atoms with E-state index in [1.165, 1.54) is 8.93 Å². The number of rotatable bonds is 7. The number of allylic oxidation sites excluding steroid dienone is 1. The van der Waals surface area contributed by atoms with Crippen LogP contribution in [-0.4, -0.2) is 34.5 Å². The van der Waals surface area contributed by atoms with Crippen LogP contribution in [0, 0.1) is 5.41 Å². The molecule has 0 radical (unpaired) electrons.